The highest BCUT2D eigenvalue weighted by Gasteiger charge is 2.48. The van der Waals surface area contributed by atoms with E-state index in [9.17, 15) is 9.67 Å². The molecule has 0 spiro atoms. The van der Waals surface area contributed by atoms with Crippen LogP contribution in [0.3, 0.4) is 0 Å². The van der Waals surface area contributed by atoms with Crippen molar-refractivity contribution in [3.8, 4) is 0 Å². The van der Waals surface area contributed by atoms with Gasteiger partial charge in [-0.25, -0.2) is 0 Å². The Morgan fingerprint density at radius 2 is 2.11 bits per heavy atom. The Labute approximate surface area is 109 Å². The standard InChI is InChI=1S/C13H23O4P/c1-4-10-13(14)11-8-7-9-12(13)18(15,16-5-2)17-6-3/h4,8,11-12,14H,1,5-7,9-10H2,2-3H3/t12-,13+/m0/s1. The van der Waals surface area contributed by atoms with E-state index in [-0.39, 0.29) is 0 Å². The summed E-state index contributed by atoms with van der Waals surface area (Å²) in [5.41, 5.74) is -1.70. The van der Waals surface area contributed by atoms with Gasteiger partial charge in [-0.3, -0.25) is 4.57 Å². The second-order valence-corrected chi connectivity index (χ2v) is 6.57. The average Bonchev–Trinajstić information content (AvgIpc) is 2.30. The van der Waals surface area contributed by atoms with E-state index >= 15 is 0 Å². The minimum absolute atomic E-state index is 0.307. The fourth-order valence-electron chi connectivity index (χ4n) is 2.35. The summed E-state index contributed by atoms with van der Waals surface area (Å²) in [5.74, 6) is 0. The molecular weight excluding hydrogens is 251 g/mol. The first-order valence-electron chi connectivity index (χ1n) is 6.42. The third kappa shape index (κ3) is 3.33. The van der Waals surface area contributed by atoms with Gasteiger partial charge in [0.25, 0.3) is 0 Å². The van der Waals surface area contributed by atoms with E-state index in [4.69, 9.17) is 9.05 Å². The van der Waals surface area contributed by atoms with Crippen LogP contribution in [0.1, 0.15) is 33.1 Å². The predicted octanol–water partition coefficient (Wildman–Crippen LogP) is 3.28. The summed E-state index contributed by atoms with van der Waals surface area (Å²) in [7, 11) is -3.30. The highest BCUT2D eigenvalue weighted by atomic mass is 31.2. The van der Waals surface area contributed by atoms with E-state index < -0.39 is 18.9 Å². The van der Waals surface area contributed by atoms with Crippen molar-refractivity contribution in [1.82, 2.24) is 0 Å². The van der Waals surface area contributed by atoms with Crippen LogP contribution in [0.25, 0.3) is 0 Å². The van der Waals surface area contributed by atoms with E-state index in [0.29, 0.717) is 26.1 Å². The van der Waals surface area contributed by atoms with Crippen LogP contribution in [-0.2, 0) is 13.6 Å². The number of hydrogen-bond acceptors (Lipinski definition) is 4. The zero-order chi connectivity index (χ0) is 13.6. The van der Waals surface area contributed by atoms with Gasteiger partial charge in [0, 0.05) is 0 Å². The molecule has 104 valence electrons. The van der Waals surface area contributed by atoms with Gasteiger partial charge >= 0.3 is 7.60 Å². The van der Waals surface area contributed by atoms with Crippen LogP contribution in [0.2, 0.25) is 0 Å². The van der Waals surface area contributed by atoms with Gasteiger partial charge in [-0.15, -0.1) is 6.58 Å². The summed E-state index contributed by atoms with van der Waals surface area (Å²) in [4.78, 5) is 0. The lowest BCUT2D eigenvalue weighted by atomic mass is 9.87. The molecule has 0 saturated carbocycles. The minimum Gasteiger partial charge on any atom is -0.385 e. The zero-order valence-electron chi connectivity index (χ0n) is 11.2. The highest BCUT2D eigenvalue weighted by molar-refractivity contribution is 7.54. The molecule has 0 aliphatic heterocycles. The van der Waals surface area contributed by atoms with Crippen molar-refractivity contribution in [3.63, 3.8) is 0 Å². The summed E-state index contributed by atoms with van der Waals surface area (Å²) in [6.45, 7) is 7.81. The van der Waals surface area contributed by atoms with Crippen molar-refractivity contribution in [2.45, 2.75) is 44.4 Å². The molecule has 5 heteroatoms. The number of allylic oxidation sites excluding steroid dienone is 1. The van der Waals surface area contributed by atoms with E-state index in [1.807, 2.05) is 6.08 Å². The van der Waals surface area contributed by atoms with E-state index in [0.717, 1.165) is 6.42 Å². The van der Waals surface area contributed by atoms with Crippen LogP contribution in [0.4, 0.5) is 0 Å². The lowest BCUT2D eigenvalue weighted by molar-refractivity contribution is 0.0653. The molecular formula is C13H23O4P. The molecule has 1 rings (SSSR count). The molecule has 0 aromatic rings. The molecule has 0 unspecified atom stereocenters. The summed E-state index contributed by atoms with van der Waals surface area (Å²) in [6.07, 6.45) is 6.95. The Bertz CT molecular complexity index is 343. The molecule has 0 amide bonds. The van der Waals surface area contributed by atoms with Crippen molar-refractivity contribution in [3.05, 3.63) is 24.8 Å². The van der Waals surface area contributed by atoms with Crippen LogP contribution >= 0.6 is 7.60 Å². The lowest BCUT2D eigenvalue weighted by Gasteiger charge is -2.39. The largest absolute Gasteiger partial charge is 0.385 e. The SMILES string of the molecule is C=CC[C@@]1(O)C=CCC[C@@H]1P(=O)(OCC)OCC. The number of rotatable bonds is 7. The predicted molar refractivity (Wildman–Crippen MR) is 72.8 cm³/mol. The van der Waals surface area contributed by atoms with Crippen LogP contribution in [0, 0.1) is 0 Å². The summed E-state index contributed by atoms with van der Waals surface area (Å²) >= 11 is 0. The Morgan fingerprint density at radius 3 is 2.61 bits per heavy atom. The van der Waals surface area contributed by atoms with Gasteiger partial charge in [-0.1, -0.05) is 18.2 Å². The molecule has 0 bridgehead atoms. The zero-order valence-corrected chi connectivity index (χ0v) is 12.1. The van der Waals surface area contributed by atoms with E-state index in [1.54, 1.807) is 26.0 Å². The van der Waals surface area contributed by atoms with E-state index in [2.05, 4.69) is 6.58 Å². The second-order valence-electron chi connectivity index (χ2n) is 4.35. The number of aliphatic hydroxyl groups is 1. The van der Waals surface area contributed by atoms with Crippen molar-refractivity contribution in [1.29, 1.82) is 0 Å². The van der Waals surface area contributed by atoms with Gasteiger partial charge in [0.1, 0.15) is 5.60 Å². The maximum absolute atomic E-state index is 12.8. The van der Waals surface area contributed by atoms with Crippen LogP contribution in [-0.4, -0.2) is 29.6 Å². The lowest BCUT2D eigenvalue weighted by Crippen LogP contribution is -2.42. The van der Waals surface area contributed by atoms with Gasteiger partial charge in [0.2, 0.25) is 0 Å². The van der Waals surface area contributed by atoms with Gasteiger partial charge in [0.05, 0.1) is 18.9 Å². The molecule has 2 atom stereocenters. The highest BCUT2D eigenvalue weighted by Crippen LogP contribution is 2.59. The molecule has 0 aromatic carbocycles. The molecule has 0 heterocycles. The second kappa shape index (κ2) is 6.67. The molecule has 0 fully saturated rings. The summed E-state index contributed by atoms with van der Waals surface area (Å²) < 4.78 is 23.5. The van der Waals surface area contributed by atoms with Crippen molar-refractivity contribution >= 4 is 7.60 Å². The molecule has 0 radical (unpaired) electrons. The van der Waals surface area contributed by atoms with Crippen molar-refractivity contribution < 1.29 is 18.7 Å². The molecule has 1 aliphatic carbocycles. The first-order valence-corrected chi connectivity index (χ1v) is 8.03. The Morgan fingerprint density at radius 1 is 1.50 bits per heavy atom. The monoisotopic (exact) mass is 274 g/mol. The molecule has 1 N–H and O–H groups in total. The van der Waals surface area contributed by atoms with E-state index in [1.165, 1.54) is 0 Å². The van der Waals surface area contributed by atoms with Gasteiger partial charge in [-0.05, 0) is 33.1 Å². The molecule has 18 heavy (non-hydrogen) atoms. The molecule has 1 aliphatic rings. The quantitative estimate of drug-likeness (QED) is 0.572. The average molecular weight is 274 g/mol. The number of hydrogen-bond donors (Lipinski definition) is 1. The smallest absolute Gasteiger partial charge is 0.336 e. The third-order valence-corrected chi connectivity index (χ3v) is 5.77. The van der Waals surface area contributed by atoms with Gasteiger partial charge in [0.15, 0.2) is 0 Å². The first kappa shape index (κ1) is 15.6. The summed E-state index contributed by atoms with van der Waals surface area (Å²) in [5, 5.41) is 10.6. The Balaban J connectivity index is 3.04. The van der Waals surface area contributed by atoms with Gasteiger partial charge in [-0.2, -0.15) is 0 Å². The van der Waals surface area contributed by atoms with Crippen LogP contribution in [0.5, 0.6) is 0 Å². The fraction of sp³-hybridized carbons (Fsp3) is 0.692. The minimum atomic E-state index is -3.30. The molecule has 4 nitrogen and oxygen atoms in total. The van der Waals surface area contributed by atoms with Gasteiger partial charge < -0.3 is 14.2 Å². The Kier molecular flexibility index (Phi) is 5.80. The third-order valence-electron chi connectivity index (χ3n) is 3.06. The topological polar surface area (TPSA) is 55.8 Å². The molecule has 0 saturated heterocycles. The first-order chi connectivity index (χ1) is 8.52. The fourth-order valence-corrected chi connectivity index (χ4v) is 4.71. The summed E-state index contributed by atoms with van der Waals surface area (Å²) in [6, 6.07) is 0. The normalized spacial score (nSPS) is 28.3. The Hall–Kier alpha value is -0.410. The van der Waals surface area contributed by atoms with Crippen LogP contribution in [0.15, 0.2) is 24.8 Å². The maximum atomic E-state index is 12.8. The van der Waals surface area contributed by atoms with Crippen LogP contribution < -0.4 is 0 Å². The van der Waals surface area contributed by atoms with Crippen molar-refractivity contribution in [2.24, 2.45) is 0 Å². The molecule has 0 aromatic heterocycles. The maximum Gasteiger partial charge on any atom is 0.336 e. The van der Waals surface area contributed by atoms with Crippen molar-refractivity contribution in [2.75, 3.05) is 13.2 Å².